The van der Waals surface area contributed by atoms with E-state index in [1.54, 1.807) is 18.3 Å². The monoisotopic (exact) mass is 428 g/mol. The molecule has 0 aliphatic carbocycles. The Bertz CT molecular complexity index is 736. The molecule has 0 unspecified atom stereocenters. The SMILES string of the molecule is O=C(NC(=S)Nc1ccc(I)cn1)c1ccccc1[N+](=O)[O-]. The molecule has 1 amide bonds. The molecule has 112 valence electrons. The zero-order valence-corrected chi connectivity index (χ0v) is 13.9. The topological polar surface area (TPSA) is 97.2 Å². The molecule has 0 bridgehead atoms. The summed E-state index contributed by atoms with van der Waals surface area (Å²) in [5, 5.41) is 16.0. The van der Waals surface area contributed by atoms with Gasteiger partial charge in [0.1, 0.15) is 11.4 Å². The third-order valence-electron chi connectivity index (χ3n) is 2.54. The first-order valence-corrected chi connectivity index (χ1v) is 7.43. The predicted molar refractivity (Wildman–Crippen MR) is 93.7 cm³/mol. The molecule has 0 aliphatic heterocycles. The third-order valence-corrected chi connectivity index (χ3v) is 3.38. The Hall–Kier alpha value is -2.14. The number of aromatic nitrogens is 1. The van der Waals surface area contributed by atoms with Crippen LogP contribution in [-0.2, 0) is 0 Å². The number of halogens is 1. The molecular weight excluding hydrogens is 419 g/mol. The Morgan fingerprint density at radius 2 is 2.00 bits per heavy atom. The van der Waals surface area contributed by atoms with Crippen LogP contribution >= 0.6 is 34.8 Å². The second kappa shape index (κ2) is 7.22. The largest absolute Gasteiger partial charge is 0.317 e. The number of nitrogens with zero attached hydrogens (tertiary/aromatic N) is 2. The lowest BCUT2D eigenvalue weighted by atomic mass is 10.1. The van der Waals surface area contributed by atoms with Gasteiger partial charge in [0.2, 0.25) is 0 Å². The summed E-state index contributed by atoms with van der Waals surface area (Å²) >= 11 is 7.11. The number of thiocarbonyl (C=S) groups is 1. The summed E-state index contributed by atoms with van der Waals surface area (Å²) in [6.07, 6.45) is 1.63. The van der Waals surface area contributed by atoms with Crippen LogP contribution in [0, 0.1) is 13.7 Å². The van der Waals surface area contributed by atoms with E-state index in [4.69, 9.17) is 12.2 Å². The molecule has 0 fully saturated rings. The van der Waals surface area contributed by atoms with Crippen LogP contribution in [0.5, 0.6) is 0 Å². The molecule has 0 saturated carbocycles. The lowest BCUT2D eigenvalue weighted by Crippen LogP contribution is -2.34. The van der Waals surface area contributed by atoms with Gasteiger partial charge in [-0.3, -0.25) is 20.2 Å². The zero-order chi connectivity index (χ0) is 16.1. The maximum atomic E-state index is 12.1. The van der Waals surface area contributed by atoms with Gasteiger partial charge in [0.05, 0.1) is 4.92 Å². The second-order valence-corrected chi connectivity index (χ2v) is 5.70. The highest BCUT2D eigenvalue weighted by Crippen LogP contribution is 2.17. The van der Waals surface area contributed by atoms with Crippen molar-refractivity contribution >= 4 is 57.3 Å². The number of hydrogen-bond donors (Lipinski definition) is 2. The average molecular weight is 428 g/mol. The zero-order valence-electron chi connectivity index (χ0n) is 10.9. The van der Waals surface area contributed by atoms with Crippen LogP contribution in [0.1, 0.15) is 10.4 Å². The Morgan fingerprint density at radius 3 is 2.64 bits per heavy atom. The second-order valence-electron chi connectivity index (χ2n) is 4.04. The number of hydrogen-bond acceptors (Lipinski definition) is 5. The lowest BCUT2D eigenvalue weighted by Gasteiger charge is -2.09. The highest BCUT2D eigenvalue weighted by atomic mass is 127. The summed E-state index contributed by atoms with van der Waals surface area (Å²) in [4.78, 5) is 26.4. The summed E-state index contributed by atoms with van der Waals surface area (Å²) in [7, 11) is 0. The van der Waals surface area contributed by atoms with Gasteiger partial charge < -0.3 is 5.32 Å². The van der Waals surface area contributed by atoms with Crippen molar-refractivity contribution in [3.8, 4) is 0 Å². The quantitative estimate of drug-likeness (QED) is 0.338. The molecule has 0 radical (unpaired) electrons. The highest BCUT2D eigenvalue weighted by molar-refractivity contribution is 14.1. The van der Waals surface area contributed by atoms with Gasteiger partial charge >= 0.3 is 0 Å². The van der Waals surface area contributed by atoms with Crippen molar-refractivity contribution in [3.05, 3.63) is 61.8 Å². The first kappa shape index (κ1) is 16.2. The van der Waals surface area contributed by atoms with Crippen molar-refractivity contribution in [2.45, 2.75) is 0 Å². The van der Waals surface area contributed by atoms with Crippen molar-refractivity contribution in [1.82, 2.24) is 10.3 Å². The van der Waals surface area contributed by atoms with Gasteiger partial charge in [-0.05, 0) is 53.0 Å². The van der Waals surface area contributed by atoms with Crippen LogP contribution in [0.25, 0.3) is 0 Å². The maximum absolute atomic E-state index is 12.1. The molecule has 7 nitrogen and oxygen atoms in total. The lowest BCUT2D eigenvalue weighted by molar-refractivity contribution is -0.385. The van der Waals surface area contributed by atoms with E-state index in [0.717, 1.165) is 3.57 Å². The Morgan fingerprint density at radius 1 is 1.27 bits per heavy atom. The van der Waals surface area contributed by atoms with E-state index in [-0.39, 0.29) is 16.4 Å². The van der Waals surface area contributed by atoms with Crippen LogP contribution < -0.4 is 10.6 Å². The van der Waals surface area contributed by atoms with Crippen LogP contribution in [0.15, 0.2) is 42.6 Å². The number of anilines is 1. The van der Waals surface area contributed by atoms with Gasteiger partial charge in [-0.2, -0.15) is 0 Å². The van der Waals surface area contributed by atoms with Crippen molar-refractivity contribution in [3.63, 3.8) is 0 Å². The van der Waals surface area contributed by atoms with E-state index in [2.05, 4.69) is 38.2 Å². The van der Waals surface area contributed by atoms with Crippen LogP contribution in [0.2, 0.25) is 0 Å². The highest BCUT2D eigenvalue weighted by Gasteiger charge is 2.19. The minimum atomic E-state index is -0.657. The number of benzene rings is 1. The minimum absolute atomic E-state index is 0.0110. The molecule has 0 aliphatic rings. The fraction of sp³-hybridized carbons (Fsp3) is 0. The van der Waals surface area contributed by atoms with Crippen molar-refractivity contribution in [1.29, 1.82) is 0 Å². The fourth-order valence-corrected chi connectivity index (χ4v) is 2.11. The van der Waals surface area contributed by atoms with Gasteiger partial charge in [-0.25, -0.2) is 4.98 Å². The summed E-state index contributed by atoms with van der Waals surface area (Å²) in [6.45, 7) is 0. The molecule has 0 atom stereocenters. The normalized spacial score (nSPS) is 9.86. The maximum Gasteiger partial charge on any atom is 0.282 e. The minimum Gasteiger partial charge on any atom is -0.317 e. The summed E-state index contributed by atoms with van der Waals surface area (Å²) in [5.41, 5.74) is -0.345. The third kappa shape index (κ3) is 4.18. The van der Waals surface area contributed by atoms with E-state index < -0.39 is 10.8 Å². The molecule has 1 aromatic heterocycles. The molecule has 1 aromatic carbocycles. The van der Waals surface area contributed by atoms with Crippen LogP contribution in [0.4, 0.5) is 11.5 Å². The number of rotatable bonds is 3. The van der Waals surface area contributed by atoms with Crippen molar-refractivity contribution in [2.24, 2.45) is 0 Å². The Balaban J connectivity index is 2.07. The molecular formula is C13H9IN4O3S. The van der Waals surface area contributed by atoms with Gasteiger partial charge in [0.25, 0.3) is 11.6 Å². The number of pyridine rings is 1. The summed E-state index contributed by atoms with van der Waals surface area (Å²) in [5.74, 6) is -0.191. The van der Waals surface area contributed by atoms with Gasteiger partial charge in [0, 0.05) is 15.8 Å². The average Bonchev–Trinajstić information content (AvgIpc) is 2.49. The first-order valence-electron chi connectivity index (χ1n) is 5.94. The number of nitrogens with one attached hydrogen (secondary N) is 2. The number of carbonyl (C=O) groups excluding carboxylic acids is 1. The smallest absolute Gasteiger partial charge is 0.282 e. The van der Waals surface area contributed by atoms with Gasteiger partial charge in [-0.1, -0.05) is 12.1 Å². The van der Waals surface area contributed by atoms with Crippen LogP contribution in [-0.4, -0.2) is 20.9 Å². The van der Waals surface area contributed by atoms with E-state index in [0.29, 0.717) is 5.82 Å². The number of nitro groups is 1. The van der Waals surface area contributed by atoms with Crippen LogP contribution in [0.3, 0.4) is 0 Å². The fourth-order valence-electron chi connectivity index (χ4n) is 1.59. The molecule has 9 heteroatoms. The van der Waals surface area contributed by atoms with Gasteiger partial charge in [0.15, 0.2) is 5.11 Å². The first-order chi connectivity index (χ1) is 10.5. The molecule has 1 heterocycles. The molecule has 22 heavy (non-hydrogen) atoms. The molecule has 2 N–H and O–H groups in total. The standard InChI is InChI=1S/C13H9IN4O3S/c14-8-5-6-11(15-7-8)16-13(22)17-12(19)9-3-1-2-4-10(9)18(20)21/h1-7H,(H2,15,16,17,19,22). The molecule has 0 saturated heterocycles. The molecule has 2 rings (SSSR count). The van der Waals surface area contributed by atoms with Crippen molar-refractivity contribution in [2.75, 3.05) is 5.32 Å². The predicted octanol–water partition coefficient (Wildman–Crippen LogP) is 2.72. The summed E-state index contributed by atoms with van der Waals surface area (Å²) in [6, 6.07) is 9.17. The Labute approximate surface area is 144 Å². The number of amides is 1. The number of carbonyl (C=O) groups is 1. The molecule has 2 aromatic rings. The van der Waals surface area contributed by atoms with Crippen molar-refractivity contribution < 1.29 is 9.72 Å². The van der Waals surface area contributed by atoms with E-state index >= 15 is 0 Å². The van der Waals surface area contributed by atoms with E-state index in [1.165, 1.54) is 18.2 Å². The number of nitro benzene ring substituents is 1. The van der Waals surface area contributed by atoms with Gasteiger partial charge in [-0.15, -0.1) is 0 Å². The van der Waals surface area contributed by atoms with E-state index in [1.807, 2.05) is 6.07 Å². The Kier molecular flexibility index (Phi) is 5.33. The summed E-state index contributed by atoms with van der Waals surface area (Å²) < 4.78 is 0.956. The number of para-hydroxylation sites is 1. The molecule has 0 spiro atoms. The van der Waals surface area contributed by atoms with E-state index in [9.17, 15) is 14.9 Å².